The van der Waals surface area contributed by atoms with Gasteiger partial charge in [0, 0.05) is 43.3 Å². The van der Waals surface area contributed by atoms with Crippen molar-refractivity contribution in [1.29, 1.82) is 0 Å². The Morgan fingerprint density at radius 3 is 2.48 bits per heavy atom. The third kappa shape index (κ3) is 7.68. The molecule has 0 radical (unpaired) electrons. The second-order valence-corrected chi connectivity index (χ2v) is 9.37. The van der Waals surface area contributed by atoms with Gasteiger partial charge in [0.1, 0.15) is 10.6 Å². The normalized spacial score (nSPS) is 16.2. The van der Waals surface area contributed by atoms with Gasteiger partial charge in [-0.05, 0) is 62.9 Å². The highest BCUT2D eigenvalue weighted by molar-refractivity contribution is 7.81. The van der Waals surface area contributed by atoms with E-state index >= 15 is 0 Å². The van der Waals surface area contributed by atoms with Crippen molar-refractivity contribution in [3.63, 3.8) is 0 Å². The first-order valence-corrected chi connectivity index (χ1v) is 11.3. The van der Waals surface area contributed by atoms with E-state index in [9.17, 15) is 9.59 Å². The van der Waals surface area contributed by atoms with E-state index < -0.39 is 11.7 Å². The Bertz CT molecular complexity index is 1020. The quantitative estimate of drug-likeness (QED) is 0.522. The lowest BCUT2D eigenvalue weighted by Gasteiger charge is -2.28. The number of amides is 1. The highest BCUT2D eigenvalue weighted by Gasteiger charge is 2.30. The van der Waals surface area contributed by atoms with Crippen LogP contribution < -0.4 is 16.0 Å². The third-order valence-corrected chi connectivity index (χ3v) is 5.30. The fraction of sp³-hybridized carbons (Fsp3) is 0.360. The van der Waals surface area contributed by atoms with Crippen LogP contribution in [0, 0.1) is 5.92 Å². The summed E-state index contributed by atoms with van der Waals surface area (Å²) in [5.41, 5.74) is 2.56. The lowest BCUT2D eigenvalue weighted by atomic mass is 9.85. The molecule has 8 heteroatoms. The van der Waals surface area contributed by atoms with E-state index in [-0.39, 0.29) is 11.7 Å². The molecule has 3 rings (SSSR count). The number of carbonyl (C=O) groups is 2. The molecule has 2 aromatic rings. The number of para-hydroxylation sites is 1. The predicted molar refractivity (Wildman–Crippen MR) is 133 cm³/mol. The Labute approximate surface area is 200 Å². The number of thiocarbonyl (C=S) groups is 1. The number of ether oxygens (including phenoxy) is 1. The maximum absolute atomic E-state index is 13.2. The zero-order valence-electron chi connectivity index (χ0n) is 19.2. The average Bonchev–Trinajstić information content (AvgIpc) is 2.76. The molecule has 1 aliphatic rings. The van der Waals surface area contributed by atoms with E-state index in [0.29, 0.717) is 36.5 Å². The number of hydrogen-bond acceptors (Lipinski definition) is 6. The maximum Gasteiger partial charge on any atom is 0.407 e. The summed E-state index contributed by atoms with van der Waals surface area (Å²) in [4.78, 5) is 29.7. The van der Waals surface area contributed by atoms with Crippen molar-refractivity contribution in [3.05, 3.63) is 71.7 Å². The number of benzene rings is 1. The second-order valence-electron chi connectivity index (χ2n) is 8.96. The lowest BCUT2D eigenvalue weighted by molar-refractivity contribution is -0.116. The fourth-order valence-electron chi connectivity index (χ4n) is 3.53. The van der Waals surface area contributed by atoms with Crippen molar-refractivity contribution in [2.45, 2.75) is 45.8 Å². The number of ketones is 1. The van der Waals surface area contributed by atoms with Crippen molar-refractivity contribution in [2.24, 2.45) is 5.92 Å². The van der Waals surface area contributed by atoms with Gasteiger partial charge in [0.25, 0.3) is 0 Å². The highest BCUT2D eigenvalue weighted by Crippen LogP contribution is 2.27. The Hall–Kier alpha value is -3.26. The molecule has 0 saturated heterocycles. The summed E-state index contributed by atoms with van der Waals surface area (Å²) in [5, 5.41) is 9.36. The number of Topliss-reactive ketones (excluding diaryl/α,β-unsaturated/α-hetero) is 1. The Balaban J connectivity index is 1.75. The SMILES string of the molecule is CC(C)(C)OC(=O)NCC1CC(=O)C(C(=S)Nc2ccccc2)=C(NCc2ccncc2)C1. The minimum atomic E-state index is -0.577. The van der Waals surface area contributed by atoms with Crippen LogP contribution in [0.5, 0.6) is 0 Å². The van der Waals surface area contributed by atoms with Gasteiger partial charge in [-0.15, -0.1) is 0 Å². The Morgan fingerprint density at radius 1 is 1.12 bits per heavy atom. The first kappa shape index (κ1) is 24.4. The molecule has 3 N–H and O–H groups in total. The summed E-state index contributed by atoms with van der Waals surface area (Å²) >= 11 is 5.62. The number of aromatic nitrogens is 1. The predicted octanol–water partition coefficient (Wildman–Crippen LogP) is 4.37. The zero-order valence-corrected chi connectivity index (χ0v) is 20.0. The van der Waals surface area contributed by atoms with E-state index in [1.807, 2.05) is 63.2 Å². The van der Waals surface area contributed by atoms with Crippen LogP contribution in [0.1, 0.15) is 39.2 Å². The molecule has 1 amide bonds. The lowest BCUT2D eigenvalue weighted by Crippen LogP contribution is -2.39. The molecule has 1 heterocycles. The molecular weight excluding hydrogens is 436 g/mol. The van der Waals surface area contributed by atoms with Gasteiger partial charge in [0.15, 0.2) is 5.78 Å². The molecule has 1 aromatic carbocycles. The van der Waals surface area contributed by atoms with Crippen LogP contribution in [-0.4, -0.2) is 34.0 Å². The molecule has 174 valence electrons. The Morgan fingerprint density at radius 2 is 1.82 bits per heavy atom. The fourth-order valence-corrected chi connectivity index (χ4v) is 3.89. The van der Waals surface area contributed by atoms with E-state index in [2.05, 4.69) is 20.9 Å². The zero-order chi connectivity index (χ0) is 23.8. The standard InChI is InChI=1S/C25H30N4O3S/c1-25(2,3)32-24(31)28-16-18-13-20(27-15-17-9-11-26-12-10-17)22(21(30)14-18)23(33)29-19-7-5-4-6-8-19/h4-12,18,27H,13-16H2,1-3H3,(H,28,31)(H,29,33). The van der Waals surface area contributed by atoms with Crippen LogP contribution in [0.3, 0.4) is 0 Å². The van der Waals surface area contributed by atoms with E-state index in [0.717, 1.165) is 16.9 Å². The number of nitrogens with one attached hydrogen (secondary N) is 3. The number of anilines is 1. The number of pyridine rings is 1. The molecule has 1 aliphatic carbocycles. The van der Waals surface area contributed by atoms with Crippen LogP contribution >= 0.6 is 12.2 Å². The number of carbonyl (C=O) groups excluding carboxylic acids is 2. The number of allylic oxidation sites excluding steroid dienone is 1. The highest BCUT2D eigenvalue weighted by atomic mass is 32.1. The summed E-state index contributed by atoms with van der Waals surface area (Å²) < 4.78 is 5.31. The van der Waals surface area contributed by atoms with Crippen LogP contribution in [-0.2, 0) is 16.1 Å². The van der Waals surface area contributed by atoms with E-state index in [4.69, 9.17) is 17.0 Å². The topological polar surface area (TPSA) is 92.3 Å². The molecule has 0 aliphatic heterocycles. The molecular formula is C25H30N4O3S. The molecule has 0 spiro atoms. The summed E-state index contributed by atoms with van der Waals surface area (Å²) in [6, 6.07) is 13.4. The number of rotatable bonds is 7. The molecule has 1 atom stereocenters. The maximum atomic E-state index is 13.2. The van der Waals surface area contributed by atoms with Crippen molar-refractivity contribution in [3.8, 4) is 0 Å². The van der Waals surface area contributed by atoms with Gasteiger partial charge in [-0.3, -0.25) is 9.78 Å². The molecule has 0 fully saturated rings. The van der Waals surface area contributed by atoms with Gasteiger partial charge in [0.05, 0.1) is 5.57 Å². The first-order valence-electron chi connectivity index (χ1n) is 10.9. The molecule has 1 aromatic heterocycles. The first-order chi connectivity index (χ1) is 15.7. The van der Waals surface area contributed by atoms with Crippen LogP contribution in [0.25, 0.3) is 0 Å². The van der Waals surface area contributed by atoms with Crippen molar-refractivity contribution in [2.75, 3.05) is 11.9 Å². The minimum absolute atomic E-state index is 0.0529. The molecule has 0 saturated carbocycles. The monoisotopic (exact) mass is 466 g/mol. The van der Waals surface area contributed by atoms with Crippen LogP contribution in [0.4, 0.5) is 10.5 Å². The van der Waals surface area contributed by atoms with Crippen molar-refractivity contribution in [1.82, 2.24) is 15.6 Å². The molecule has 7 nitrogen and oxygen atoms in total. The van der Waals surface area contributed by atoms with Crippen LogP contribution in [0.15, 0.2) is 66.1 Å². The average molecular weight is 467 g/mol. The van der Waals surface area contributed by atoms with Crippen LogP contribution in [0.2, 0.25) is 0 Å². The number of hydrogen-bond donors (Lipinski definition) is 3. The second kappa shape index (κ2) is 11.0. The summed E-state index contributed by atoms with van der Waals surface area (Å²) in [6.45, 7) is 6.32. The molecule has 1 unspecified atom stereocenters. The largest absolute Gasteiger partial charge is 0.444 e. The van der Waals surface area contributed by atoms with Crippen molar-refractivity contribution < 1.29 is 14.3 Å². The summed E-state index contributed by atoms with van der Waals surface area (Å²) in [7, 11) is 0. The summed E-state index contributed by atoms with van der Waals surface area (Å²) in [5.74, 6) is -0.115. The smallest absolute Gasteiger partial charge is 0.407 e. The third-order valence-electron chi connectivity index (χ3n) is 5.00. The van der Waals surface area contributed by atoms with Crippen molar-refractivity contribution >= 4 is 34.8 Å². The number of alkyl carbamates (subject to hydrolysis) is 1. The van der Waals surface area contributed by atoms with Gasteiger partial charge in [-0.25, -0.2) is 4.79 Å². The Kier molecular flexibility index (Phi) is 8.16. The summed E-state index contributed by atoms with van der Waals surface area (Å²) in [6.07, 6.45) is 3.85. The molecule has 0 bridgehead atoms. The number of nitrogens with zero attached hydrogens (tertiary/aromatic N) is 1. The van der Waals surface area contributed by atoms with Gasteiger partial charge in [-0.2, -0.15) is 0 Å². The minimum Gasteiger partial charge on any atom is -0.444 e. The van der Waals surface area contributed by atoms with Gasteiger partial charge >= 0.3 is 6.09 Å². The van der Waals surface area contributed by atoms with Gasteiger partial charge in [0.2, 0.25) is 0 Å². The van der Waals surface area contributed by atoms with Gasteiger partial charge < -0.3 is 20.7 Å². The van der Waals surface area contributed by atoms with E-state index in [1.54, 1.807) is 12.4 Å². The molecule has 33 heavy (non-hydrogen) atoms. The van der Waals surface area contributed by atoms with Gasteiger partial charge in [-0.1, -0.05) is 30.4 Å². The van der Waals surface area contributed by atoms with E-state index in [1.165, 1.54) is 0 Å².